The molecule has 0 aliphatic heterocycles. The molecule has 1 N–H and O–H groups in total. The van der Waals surface area contributed by atoms with E-state index in [1.807, 2.05) is 0 Å². The van der Waals surface area contributed by atoms with Crippen LogP contribution in [-0.2, 0) is 4.79 Å². The smallest absolute Gasteiger partial charge is 0.159 e. The van der Waals surface area contributed by atoms with Gasteiger partial charge in [0.1, 0.15) is 6.10 Å². The number of halogens is 2. The van der Waals surface area contributed by atoms with E-state index in [9.17, 15) is 13.6 Å². The fourth-order valence-electron chi connectivity index (χ4n) is 0.775. The summed E-state index contributed by atoms with van der Waals surface area (Å²) in [5.41, 5.74) is 0.0453. The maximum atomic E-state index is 12.5. The second kappa shape index (κ2) is 3.40. The number of aldehydes is 1. The van der Waals surface area contributed by atoms with Crippen LogP contribution in [0.3, 0.4) is 0 Å². The highest BCUT2D eigenvalue weighted by Gasteiger charge is 2.08. The van der Waals surface area contributed by atoms with Crippen molar-refractivity contribution >= 4 is 6.29 Å². The van der Waals surface area contributed by atoms with Crippen molar-refractivity contribution in [1.29, 1.82) is 0 Å². The summed E-state index contributed by atoms with van der Waals surface area (Å²) in [5.74, 6) is -2.08. The molecule has 1 atom stereocenters. The number of aliphatic hydroxyl groups is 1. The highest BCUT2D eigenvalue weighted by molar-refractivity contribution is 5.59. The summed E-state index contributed by atoms with van der Waals surface area (Å²) in [6.07, 6.45) is -1.15. The third-order valence-corrected chi connectivity index (χ3v) is 1.41. The second-order valence-electron chi connectivity index (χ2n) is 2.25. The van der Waals surface area contributed by atoms with E-state index < -0.39 is 17.7 Å². The lowest BCUT2D eigenvalue weighted by atomic mass is 10.1. The molecule has 0 saturated heterocycles. The third-order valence-electron chi connectivity index (χ3n) is 1.41. The van der Waals surface area contributed by atoms with Crippen molar-refractivity contribution in [2.45, 2.75) is 6.10 Å². The molecule has 64 valence electrons. The summed E-state index contributed by atoms with van der Waals surface area (Å²) in [6.45, 7) is 0. The molecular formula is C8H6F2O2. The van der Waals surface area contributed by atoms with Crippen LogP contribution in [0.15, 0.2) is 18.2 Å². The largest absolute Gasteiger partial charge is 0.381 e. The molecule has 0 bridgehead atoms. The van der Waals surface area contributed by atoms with Crippen LogP contribution in [0.25, 0.3) is 0 Å². The van der Waals surface area contributed by atoms with E-state index in [-0.39, 0.29) is 11.8 Å². The van der Waals surface area contributed by atoms with E-state index >= 15 is 0 Å². The minimum Gasteiger partial charge on any atom is -0.381 e. The SMILES string of the molecule is O=CC(O)c1ccc(F)c(F)c1. The Kier molecular flexibility index (Phi) is 2.50. The Hall–Kier alpha value is -1.29. The van der Waals surface area contributed by atoms with Gasteiger partial charge in [0.15, 0.2) is 17.9 Å². The van der Waals surface area contributed by atoms with E-state index in [1.165, 1.54) is 0 Å². The molecule has 0 aliphatic carbocycles. The first-order valence-corrected chi connectivity index (χ1v) is 3.23. The van der Waals surface area contributed by atoms with E-state index in [0.29, 0.717) is 0 Å². The molecule has 4 heteroatoms. The van der Waals surface area contributed by atoms with Crippen LogP contribution in [0.1, 0.15) is 11.7 Å². The van der Waals surface area contributed by atoms with Gasteiger partial charge in [-0.15, -0.1) is 0 Å². The fraction of sp³-hybridized carbons (Fsp3) is 0.125. The van der Waals surface area contributed by atoms with Crippen LogP contribution in [0.5, 0.6) is 0 Å². The second-order valence-corrected chi connectivity index (χ2v) is 2.25. The van der Waals surface area contributed by atoms with Crippen LogP contribution < -0.4 is 0 Å². The average molecular weight is 172 g/mol. The topological polar surface area (TPSA) is 37.3 Å². The van der Waals surface area contributed by atoms with Crippen molar-refractivity contribution in [3.63, 3.8) is 0 Å². The van der Waals surface area contributed by atoms with Crippen molar-refractivity contribution < 1.29 is 18.7 Å². The number of carbonyl (C=O) groups is 1. The lowest BCUT2D eigenvalue weighted by Gasteiger charge is -2.02. The maximum Gasteiger partial charge on any atom is 0.159 e. The van der Waals surface area contributed by atoms with E-state index in [0.717, 1.165) is 18.2 Å². The van der Waals surface area contributed by atoms with Crippen LogP contribution in [0.4, 0.5) is 8.78 Å². The van der Waals surface area contributed by atoms with Gasteiger partial charge in [0.2, 0.25) is 0 Å². The molecule has 1 aromatic carbocycles. The fourth-order valence-corrected chi connectivity index (χ4v) is 0.775. The van der Waals surface area contributed by atoms with Gasteiger partial charge in [0.05, 0.1) is 0 Å². The molecule has 0 aliphatic rings. The van der Waals surface area contributed by atoms with Crippen LogP contribution in [0, 0.1) is 11.6 Å². The monoisotopic (exact) mass is 172 g/mol. The number of benzene rings is 1. The zero-order valence-electron chi connectivity index (χ0n) is 6.00. The quantitative estimate of drug-likeness (QED) is 0.680. The molecule has 0 radical (unpaired) electrons. The molecule has 0 spiro atoms. The first-order valence-electron chi connectivity index (χ1n) is 3.23. The summed E-state index contributed by atoms with van der Waals surface area (Å²) in [6, 6.07) is 2.79. The molecule has 0 saturated carbocycles. The highest BCUT2D eigenvalue weighted by atomic mass is 19.2. The Morgan fingerprint density at radius 2 is 2.00 bits per heavy atom. The molecule has 0 fully saturated rings. The third kappa shape index (κ3) is 1.65. The zero-order chi connectivity index (χ0) is 9.14. The van der Waals surface area contributed by atoms with Gasteiger partial charge < -0.3 is 9.90 Å². The van der Waals surface area contributed by atoms with Gasteiger partial charge in [-0.3, -0.25) is 0 Å². The minimum atomic E-state index is -1.39. The summed E-state index contributed by atoms with van der Waals surface area (Å²) in [4.78, 5) is 10.0. The standard InChI is InChI=1S/C8H6F2O2/c9-6-2-1-5(3-7(6)10)8(12)4-11/h1-4,8,12H. The van der Waals surface area contributed by atoms with E-state index in [4.69, 9.17) is 5.11 Å². The molecule has 0 aromatic heterocycles. The van der Waals surface area contributed by atoms with Crippen molar-refractivity contribution in [3.05, 3.63) is 35.4 Å². The Morgan fingerprint density at radius 1 is 1.33 bits per heavy atom. The molecule has 1 aromatic rings. The van der Waals surface area contributed by atoms with Crippen LogP contribution >= 0.6 is 0 Å². The molecule has 1 rings (SSSR count). The first-order chi connectivity index (χ1) is 5.65. The van der Waals surface area contributed by atoms with E-state index in [1.54, 1.807) is 0 Å². The van der Waals surface area contributed by atoms with Gasteiger partial charge in [-0.1, -0.05) is 6.07 Å². The number of hydrogen-bond donors (Lipinski definition) is 1. The predicted octanol–water partition coefficient (Wildman–Crippen LogP) is 1.20. The van der Waals surface area contributed by atoms with Gasteiger partial charge in [0.25, 0.3) is 0 Å². The number of hydrogen-bond acceptors (Lipinski definition) is 2. The van der Waals surface area contributed by atoms with Gasteiger partial charge in [0, 0.05) is 0 Å². The van der Waals surface area contributed by atoms with Crippen LogP contribution in [0.2, 0.25) is 0 Å². The molecule has 0 amide bonds. The summed E-state index contributed by atoms with van der Waals surface area (Å²) in [5, 5.41) is 8.89. The van der Waals surface area contributed by atoms with Gasteiger partial charge in [-0.25, -0.2) is 8.78 Å². The normalized spacial score (nSPS) is 12.6. The maximum absolute atomic E-state index is 12.5. The van der Waals surface area contributed by atoms with Gasteiger partial charge in [-0.2, -0.15) is 0 Å². The Balaban J connectivity index is 3.04. The number of rotatable bonds is 2. The molecular weight excluding hydrogens is 166 g/mol. The number of carbonyl (C=O) groups excluding carboxylic acids is 1. The molecule has 12 heavy (non-hydrogen) atoms. The average Bonchev–Trinajstić information content (AvgIpc) is 2.08. The predicted molar refractivity (Wildman–Crippen MR) is 37.4 cm³/mol. The zero-order valence-corrected chi connectivity index (χ0v) is 6.00. The van der Waals surface area contributed by atoms with Crippen molar-refractivity contribution in [1.82, 2.24) is 0 Å². The van der Waals surface area contributed by atoms with Crippen molar-refractivity contribution in [3.8, 4) is 0 Å². The molecule has 1 unspecified atom stereocenters. The van der Waals surface area contributed by atoms with Crippen molar-refractivity contribution in [2.24, 2.45) is 0 Å². The molecule has 0 heterocycles. The van der Waals surface area contributed by atoms with E-state index in [2.05, 4.69) is 0 Å². The van der Waals surface area contributed by atoms with Gasteiger partial charge in [-0.05, 0) is 17.7 Å². The lowest BCUT2D eigenvalue weighted by Crippen LogP contribution is -1.99. The van der Waals surface area contributed by atoms with Gasteiger partial charge >= 0.3 is 0 Å². The molecule has 2 nitrogen and oxygen atoms in total. The lowest BCUT2D eigenvalue weighted by molar-refractivity contribution is -0.115. The Labute approximate surface area is 67.4 Å². The van der Waals surface area contributed by atoms with Crippen LogP contribution in [-0.4, -0.2) is 11.4 Å². The highest BCUT2D eigenvalue weighted by Crippen LogP contribution is 2.14. The Bertz CT molecular complexity index is 299. The van der Waals surface area contributed by atoms with Crippen molar-refractivity contribution in [2.75, 3.05) is 0 Å². The number of aliphatic hydroxyl groups excluding tert-OH is 1. The summed E-state index contributed by atoms with van der Waals surface area (Å²) >= 11 is 0. The minimum absolute atomic E-state index is 0.0453. The Morgan fingerprint density at radius 3 is 2.50 bits per heavy atom. The summed E-state index contributed by atoms with van der Waals surface area (Å²) in [7, 11) is 0. The summed E-state index contributed by atoms with van der Waals surface area (Å²) < 4.78 is 24.8. The first kappa shape index (κ1) is 8.80.